The second-order valence-corrected chi connectivity index (χ2v) is 7.83. The molecule has 1 fully saturated rings. The average Bonchev–Trinajstić information content (AvgIpc) is 3.10. The molecular weight excluding hydrogens is 370 g/mol. The molecule has 1 amide bonds. The Bertz CT molecular complexity index is 1110. The predicted octanol–water partition coefficient (Wildman–Crippen LogP) is 1.43. The van der Waals surface area contributed by atoms with E-state index in [2.05, 4.69) is 15.5 Å². The molecule has 0 radical (unpaired) electrons. The van der Waals surface area contributed by atoms with Gasteiger partial charge in [0.1, 0.15) is 5.82 Å². The Hall–Kier alpha value is -3.10. The quantitative estimate of drug-likeness (QED) is 0.653. The van der Waals surface area contributed by atoms with Crippen LogP contribution >= 0.6 is 0 Å². The van der Waals surface area contributed by atoms with Crippen LogP contribution in [0.15, 0.2) is 29.2 Å². The third-order valence-electron chi connectivity index (χ3n) is 6.04. The first-order chi connectivity index (χ1) is 14.2. The van der Waals surface area contributed by atoms with Gasteiger partial charge in [0, 0.05) is 44.2 Å². The molecule has 9 nitrogen and oxygen atoms in total. The minimum atomic E-state index is -0.0567. The van der Waals surface area contributed by atoms with Crippen molar-refractivity contribution >= 4 is 11.6 Å². The predicted molar refractivity (Wildman–Crippen MR) is 105 cm³/mol. The zero-order chi connectivity index (χ0) is 19.8. The second kappa shape index (κ2) is 7.38. The first-order valence-corrected chi connectivity index (χ1v) is 10.3. The molecule has 5 heterocycles. The van der Waals surface area contributed by atoms with Gasteiger partial charge >= 0.3 is 0 Å². The minimum absolute atomic E-state index is 0.0567. The Morgan fingerprint density at radius 2 is 1.97 bits per heavy atom. The summed E-state index contributed by atoms with van der Waals surface area (Å²) in [7, 11) is 0. The highest BCUT2D eigenvalue weighted by Gasteiger charge is 2.28. The number of aromatic nitrogens is 6. The molecule has 2 aliphatic rings. The Balaban J connectivity index is 1.32. The number of aryl methyl sites for hydroxylation is 1. The summed E-state index contributed by atoms with van der Waals surface area (Å²) in [6, 6.07) is 5.24. The van der Waals surface area contributed by atoms with Crippen LogP contribution in [0.2, 0.25) is 0 Å². The average molecular weight is 393 g/mol. The van der Waals surface area contributed by atoms with Gasteiger partial charge in [0.05, 0.1) is 11.3 Å². The number of amides is 1. The van der Waals surface area contributed by atoms with E-state index in [4.69, 9.17) is 4.98 Å². The molecule has 5 rings (SSSR count). The molecule has 3 aromatic heterocycles. The monoisotopic (exact) mass is 393 g/mol. The van der Waals surface area contributed by atoms with Gasteiger partial charge in [-0.15, -0.1) is 5.10 Å². The molecule has 0 atom stereocenters. The van der Waals surface area contributed by atoms with Crippen LogP contribution in [0.4, 0.5) is 0 Å². The molecule has 0 spiro atoms. The highest BCUT2D eigenvalue weighted by molar-refractivity contribution is 5.99. The van der Waals surface area contributed by atoms with E-state index in [-0.39, 0.29) is 17.4 Å². The molecule has 0 aromatic carbocycles. The molecule has 150 valence electrons. The molecule has 0 saturated carbocycles. The lowest BCUT2D eigenvalue weighted by molar-refractivity contribution is 0.0713. The number of tetrazole rings is 1. The van der Waals surface area contributed by atoms with Crippen molar-refractivity contribution in [3.05, 3.63) is 51.8 Å². The lowest BCUT2D eigenvalue weighted by atomic mass is 9.93. The largest absolute Gasteiger partial charge is 0.338 e. The Kier molecular flexibility index (Phi) is 4.57. The van der Waals surface area contributed by atoms with Gasteiger partial charge in [-0.2, -0.15) is 4.52 Å². The van der Waals surface area contributed by atoms with Crippen molar-refractivity contribution in [2.75, 3.05) is 13.1 Å². The molecule has 0 unspecified atom stereocenters. The number of likely N-dealkylation sites (tertiary alicyclic amines) is 1. The van der Waals surface area contributed by atoms with Crippen LogP contribution in [0.3, 0.4) is 0 Å². The SMILES string of the molecule is O=C(c1cccn2nnnc12)N1CCC(c2cc(=O)n3c(n2)CCCCC3)CC1. The number of pyridine rings is 1. The van der Waals surface area contributed by atoms with Crippen LogP contribution in [0, 0.1) is 0 Å². The lowest BCUT2D eigenvalue weighted by Gasteiger charge is -2.32. The number of hydrogen-bond donors (Lipinski definition) is 0. The Morgan fingerprint density at radius 3 is 2.83 bits per heavy atom. The number of rotatable bonds is 2. The van der Waals surface area contributed by atoms with Gasteiger partial charge in [0.2, 0.25) is 0 Å². The second-order valence-electron chi connectivity index (χ2n) is 7.83. The van der Waals surface area contributed by atoms with E-state index in [1.807, 2.05) is 9.47 Å². The van der Waals surface area contributed by atoms with Gasteiger partial charge in [-0.25, -0.2) is 4.98 Å². The van der Waals surface area contributed by atoms with E-state index in [0.29, 0.717) is 24.3 Å². The van der Waals surface area contributed by atoms with Gasteiger partial charge in [-0.3, -0.25) is 14.2 Å². The van der Waals surface area contributed by atoms with Gasteiger partial charge < -0.3 is 4.90 Å². The maximum absolute atomic E-state index is 13.0. The number of carbonyl (C=O) groups is 1. The smallest absolute Gasteiger partial charge is 0.257 e. The van der Waals surface area contributed by atoms with Crippen LogP contribution in [-0.2, 0) is 13.0 Å². The number of hydrogen-bond acceptors (Lipinski definition) is 6. The molecule has 0 N–H and O–H groups in total. The lowest BCUT2D eigenvalue weighted by Crippen LogP contribution is -2.38. The Morgan fingerprint density at radius 1 is 1.10 bits per heavy atom. The van der Waals surface area contributed by atoms with Crippen LogP contribution in [0.1, 0.15) is 59.9 Å². The van der Waals surface area contributed by atoms with Crippen LogP contribution in [0.25, 0.3) is 5.65 Å². The van der Waals surface area contributed by atoms with Crippen molar-refractivity contribution in [1.29, 1.82) is 0 Å². The summed E-state index contributed by atoms with van der Waals surface area (Å²) in [4.78, 5) is 32.3. The fourth-order valence-electron chi connectivity index (χ4n) is 4.42. The van der Waals surface area contributed by atoms with E-state index < -0.39 is 0 Å². The van der Waals surface area contributed by atoms with Crippen molar-refractivity contribution in [2.45, 2.75) is 51.0 Å². The normalized spacial score (nSPS) is 17.9. The van der Waals surface area contributed by atoms with Gasteiger partial charge in [-0.1, -0.05) is 6.42 Å². The van der Waals surface area contributed by atoms with Gasteiger partial charge in [0.25, 0.3) is 11.5 Å². The first kappa shape index (κ1) is 18.0. The van der Waals surface area contributed by atoms with Crippen molar-refractivity contribution in [1.82, 2.24) is 34.5 Å². The standard InChI is InChI=1S/C20H23N7O2/c28-18-13-16(21-17-6-2-1-3-9-26(17)18)14-7-11-25(12-8-14)20(29)15-5-4-10-27-19(15)22-23-24-27/h4-5,10,13-14H,1-3,6-9,11-12H2. The van der Waals surface area contributed by atoms with E-state index >= 15 is 0 Å². The number of fused-ring (bicyclic) bond motifs is 2. The zero-order valence-corrected chi connectivity index (χ0v) is 16.2. The summed E-state index contributed by atoms with van der Waals surface area (Å²) in [6.45, 7) is 2.04. The Labute approximate surface area is 167 Å². The van der Waals surface area contributed by atoms with Crippen molar-refractivity contribution < 1.29 is 4.79 Å². The number of nitrogens with zero attached hydrogens (tertiary/aromatic N) is 7. The first-order valence-electron chi connectivity index (χ1n) is 10.3. The van der Waals surface area contributed by atoms with Crippen molar-refractivity contribution in [3.63, 3.8) is 0 Å². The van der Waals surface area contributed by atoms with Gasteiger partial charge in [-0.05, 0) is 48.2 Å². The molecule has 0 aliphatic carbocycles. The van der Waals surface area contributed by atoms with E-state index in [1.54, 1.807) is 24.4 Å². The highest BCUT2D eigenvalue weighted by atomic mass is 16.2. The summed E-state index contributed by atoms with van der Waals surface area (Å²) in [5, 5.41) is 11.5. The van der Waals surface area contributed by atoms with E-state index in [0.717, 1.165) is 56.6 Å². The molecule has 9 heteroatoms. The van der Waals surface area contributed by atoms with Crippen LogP contribution in [-0.4, -0.2) is 53.5 Å². The number of piperidine rings is 1. The number of carbonyl (C=O) groups excluding carboxylic acids is 1. The molecular formula is C20H23N7O2. The maximum atomic E-state index is 13.0. The molecule has 29 heavy (non-hydrogen) atoms. The molecule has 3 aromatic rings. The van der Waals surface area contributed by atoms with Crippen LogP contribution in [0.5, 0.6) is 0 Å². The summed E-state index contributed by atoms with van der Waals surface area (Å²) in [6.07, 6.45) is 7.48. The topological polar surface area (TPSA) is 98.3 Å². The third kappa shape index (κ3) is 3.30. The van der Waals surface area contributed by atoms with E-state index in [1.165, 1.54) is 4.52 Å². The van der Waals surface area contributed by atoms with Crippen LogP contribution < -0.4 is 5.56 Å². The summed E-state index contributed by atoms with van der Waals surface area (Å²) >= 11 is 0. The molecule has 0 bridgehead atoms. The zero-order valence-electron chi connectivity index (χ0n) is 16.2. The fraction of sp³-hybridized carbons (Fsp3) is 0.500. The summed E-state index contributed by atoms with van der Waals surface area (Å²) in [5.41, 5.74) is 1.94. The van der Waals surface area contributed by atoms with E-state index in [9.17, 15) is 9.59 Å². The third-order valence-corrected chi connectivity index (χ3v) is 6.04. The fourth-order valence-corrected chi connectivity index (χ4v) is 4.42. The highest BCUT2D eigenvalue weighted by Crippen LogP contribution is 2.28. The maximum Gasteiger partial charge on any atom is 0.257 e. The molecule has 1 saturated heterocycles. The summed E-state index contributed by atoms with van der Waals surface area (Å²) < 4.78 is 3.34. The van der Waals surface area contributed by atoms with Crippen molar-refractivity contribution in [2.24, 2.45) is 0 Å². The summed E-state index contributed by atoms with van der Waals surface area (Å²) in [5.74, 6) is 1.08. The molecule has 2 aliphatic heterocycles. The van der Waals surface area contributed by atoms with Crippen molar-refractivity contribution in [3.8, 4) is 0 Å². The minimum Gasteiger partial charge on any atom is -0.338 e. The van der Waals surface area contributed by atoms with Gasteiger partial charge in [0.15, 0.2) is 5.65 Å².